The van der Waals surface area contributed by atoms with Gasteiger partial charge in [0.25, 0.3) is 11.8 Å². The molecule has 0 atom stereocenters. The predicted octanol–water partition coefficient (Wildman–Crippen LogP) is 4.69. The molecule has 0 unspecified atom stereocenters. The third kappa shape index (κ3) is 4.05. The number of nitrogens with one attached hydrogen (secondary N) is 2. The van der Waals surface area contributed by atoms with E-state index in [-0.39, 0.29) is 17.6 Å². The number of carbonyl (C=O) groups is 2. The van der Waals surface area contributed by atoms with E-state index in [0.717, 1.165) is 16.8 Å². The lowest BCUT2D eigenvalue weighted by Crippen LogP contribution is -2.18. The molecule has 1 aromatic heterocycles. The van der Waals surface area contributed by atoms with Crippen LogP contribution in [0.4, 0.5) is 10.1 Å². The van der Waals surface area contributed by atoms with Crippen LogP contribution in [-0.2, 0) is 0 Å². The molecule has 6 nitrogen and oxygen atoms in total. The summed E-state index contributed by atoms with van der Waals surface area (Å²) in [6.45, 7) is 0. The van der Waals surface area contributed by atoms with E-state index in [0.29, 0.717) is 33.4 Å². The van der Waals surface area contributed by atoms with Crippen LogP contribution in [-0.4, -0.2) is 40.0 Å². The van der Waals surface area contributed by atoms with E-state index in [4.69, 9.17) is 4.42 Å². The smallest absolute Gasteiger partial charge is 0.255 e. The van der Waals surface area contributed by atoms with Crippen molar-refractivity contribution in [2.75, 3.05) is 33.1 Å². The lowest BCUT2D eigenvalue weighted by Gasteiger charge is -2.18. The fourth-order valence-electron chi connectivity index (χ4n) is 3.86. The van der Waals surface area contributed by atoms with Gasteiger partial charge in [0.1, 0.15) is 17.2 Å². The molecule has 0 aliphatic carbocycles. The zero-order valence-corrected chi connectivity index (χ0v) is 18.8. The van der Waals surface area contributed by atoms with E-state index in [1.54, 1.807) is 32.3 Å². The lowest BCUT2D eigenvalue weighted by molar-refractivity contribution is 0.0955. The molecule has 0 aliphatic rings. The first-order chi connectivity index (χ1) is 15.8. The Kier molecular flexibility index (Phi) is 5.87. The van der Waals surface area contributed by atoms with E-state index in [1.807, 2.05) is 49.3 Å². The Hall–Kier alpha value is -4.13. The highest BCUT2D eigenvalue weighted by Crippen LogP contribution is 2.40. The molecule has 168 valence electrons. The number of hydrogen-bond acceptors (Lipinski definition) is 4. The summed E-state index contributed by atoms with van der Waals surface area (Å²) < 4.78 is 19.6. The van der Waals surface area contributed by atoms with Gasteiger partial charge in [0, 0.05) is 62.0 Å². The number of fused-ring (bicyclic) bond motifs is 1. The van der Waals surface area contributed by atoms with Crippen LogP contribution >= 0.6 is 0 Å². The third-order valence-corrected chi connectivity index (χ3v) is 5.51. The van der Waals surface area contributed by atoms with Crippen LogP contribution in [0.5, 0.6) is 0 Å². The summed E-state index contributed by atoms with van der Waals surface area (Å²) in [5.74, 6) is -0.497. The van der Waals surface area contributed by atoms with Crippen molar-refractivity contribution in [3.8, 4) is 22.5 Å². The van der Waals surface area contributed by atoms with Crippen LogP contribution in [0, 0.1) is 5.82 Å². The van der Waals surface area contributed by atoms with Crippen molar-refractivity contribution in [2.24, 2.45) is 0 Å². The Bertz CT molecular complexity index is 1360. The SMILES string of the molecule is CNC(=O)c1cccc(-c2cc3c(C(=O)NC)c(-c4ccc(F)cc4)oc3cc2N(C)C)c1. The molecule has 1 heterocycles. The van der Waals surface area contributed by atoms with E-state index >= 15 is 0 Å². The van der Waals surface area contributed by atoms with Gasteiger partial charge in [-0.3, -0.25) is 9.59 Å². The first-order valence-corrected chi connectivity index (χ1v) is 10.4. The van der Waals surface area contributed by atoms with Gasteiger partial charge in [-0.25, -0.2) is 4.39 Å². The Labute approximate surface area is 191 Å². The van der Waals surface area contributed by atoms with Crippen LogP contribution in [0.3, 0.4) is 0 Å². The number of carbonyl (C=O) groups excluding carboxylic acids is 2. The number of benzene rings is 3. The second-order valence-corrected chi connectivity index (χ2v) is 7.81. The van der Waals surface area contributed by atoms with Crippen LogP contribution in [0.1, 0.15) is 20.7 Å². The van der Waals surface area contributed by atoms with Crippen molar-refractivity contribution in [3.63, 3.8) is 0 Å². The minimum absolute atomic E-state index is 0.183. The molecule has 0 aliphatic heterocycles. The fourth-order valence-corrected chi connectivity index (χ4v) is 3.86. The number of amides is 2. The number of anilines is 1. The Morgan fingerprint density at radius 2 is 1.58 bits per heavy atom. The highest BCUT2D eigenvalue weighted by molar-refractivity contribution is 6.13. The second-order valence-electron chi connectivity index (χ2n) is 7.81. The summed E-state index contributed by atoms with van der Waals surface area (Å²) in [6.07, 6.45) is 0. The molecule has 0 radical (unpaired) electrons. The van der Waals surface area contributed by atoms with Crippen LogP contribution < -0.4 is 15.5 Å². The Morgan fingerprint density at radius 1 is 0.879 bits per heavy atom. The zero-order chi connectivity index (χ0) is 23.7. The molecule has 3 aromatic carbocycles. The number of hydrogen-bond donors (Lipinski definition) is 2. The standard InChI is InChI=1S/C26H24FN3O3/c1-28-25(31)17-7-5-6-16(12-17)19-13-20-22(14-21(19)30(3)4)33-24(23(20)26(32)29-2)15-8-10-18(27)11-9-15/h5-14H,1-4H3,(H,28,31)(H,29,32). The molecule has 4 rings (SSSR count). The van der Waals surface area contributed by atoms with Crippen LogP contribution in [0.25, 0.3) is 33.4 Å². The molecule has 4 aromatic rings. The molecule has 0 fully saturated rings. The molecule has 2 amide bonds. The van der Waals surface area contributed by atoms with E-state index in [9.17, 15) is 14.0 Å². The first kappa shape index (κ1) is 22.1. The Morgan fingerprint density at radius 3 is 2.21 bits per heavy atom. The van der Waals surface area contributed by atoms with Crippen molar-refractivity contribution in [3.05, 3.63) is 77.6 Å². The van der Waals surface area contributed by atoms with Crippen LogP contribution in [0.2, 0.25) is 0 Å². The molecular formula is C26H24FN3O3. The van der Waals surface area contributed by atoms with Gasteiger partial charge >= 0.3 is 0 Å². The zero-order valence-electron chi connectivity index (χ0n) is 18.8. The quantitative estimate of drug-likeness (QED) is 0.467. The largest absolute Gasteiger partial charge is 0.455 e. The fraction of sp³-hybridized carbons (Fsp3) is 0.154. The number of nitrogens with zero attached hydrogens (tertiary/aromatic N) is 1. The van der Waals surface area contributed by atoms with Gasteiger partial charge in [0.15, 0.2) is 0 Å². The van der Waals surface area contributed by atoms with E-state index in [1.165, 1.54) is 12.1 Å². The van der Waals surface area contributed by atoms with Crippen molar-refractivity contribution in [1.82, 2.24) is 10.6 Å². The van der Waals surface area contributed by atoms with Gasteiger partial charge < -0.3 is 20.0 Å². The molecule has 0 bridgehead atoms. The van der Waals surface area contributed by atoms with Crippen molar-refractivity contribution in [1.29, 1.82) is 0 Å². The highest BCUT2D eigenvalue weighted by Gasteiger charge is 2.24. The van der Waals surface area contributed by atoms with Gasteiger partial charge in [-0.05, 0) is 48.0 Å². The lowest BCUT2D eigenvalue weighted by atomic mass is 9.97. The normalized spacial score (nSPS) is 10.8. The van der Waals surface area contributed by atoms with Crippen molar-refractivity contribution >= 4 is 28.5 Å². The highest BCUT2D eigenvalue weighted by atomic mass is 19.1. The predicted molar refractivity (Wildman–Crippen MR) is 128 cm³/mol. The minimum atomic E-state index is -0.371. The summed E-state index contributed by atoms with van der Waals surface area (Å²) in [5.41, 5.74) is 4.56. The van der Waals surface area contributed by atoms with Crippen molar-refractivity contribution in [2.45, 2.75) is 0 Å². The van der Waals surface area contributed by atoms with Gasteiger partial charge in [0.2, 0.25) is 0 Å². The van der Waals surface area contributed by atoms with Gasteiger partial charge in [0.05, 0.1) is 5.56 Å². The van der Waals surface area contributed by atoms with Gasteiger partial charge in [-0.1, -0.05) is 12.1 Å². The third-order valence-electron chi connectivity index (χ3n) is 5.51. The van der Waals surface area contributed by atoms with E-state index < -0.39 is 0 Å². The summed E-state index contributed by atoms with van der Waals surface area (Å²) in [4.78, 5) is 27.0. The number of rotatable bonds is 5. The number of halogens is 1. The van der Waals surface area contributed by atoms with Gasteiger partial charge in [-0.2, -0.15) is 0 Å². The summed E-state index contributed by atoms with van der Waals surface area (Å²) in [6, 6.07) is 16.9. The first-order valence-electron chi connectivity index (χ1n) is 10.4. The maximum Gasteiger partial charge on any atom is 0.255 e. The average molecular weight is 445 g/mol. The van der Waals surface area contributed by atoms with Crippen molar-refractivity contribution < 1.29 is 18.4 Å². The summed E-state index contributed by atoms with van der Waals surface area (Å²) >= 11 is 0. The second kappa shape index (κ2) is 8.78. The topological polar surface area (TPSA) is 74.6 Å². The molecule has 33 heavy (non-hydrogen) atoms. The maximum atomic E-state index is 13.5. The molecule has 2 N–H and O–H groups in total. The molecule has 0 spiro atoms. The molecular weight excluding hydrogens is 421 g/mol. The van der Waals surface area contributed by atoms with Gasteiger partial charge in [-0.15, -0.1) is 0 Å². The number of furan rings is 1. The minimum Gasteiger partial charge on any atom is -0.455 e. The Balaban J connectivity index is 2.01. The summed E-state index contributed by atoms with van der Waals surface area (Å²) in [5, 5.41) is 5.94. The van der Waals surface area contributed by atoms with Crippen LogP contribution in [0.15, 0.2) is 65.1 Å². The molecule has 7 heteroatoms. The maximum absolute atomic E-state index is 13.5. The molecule has 0 saturated heterocycles. The van der Waals surface area contributed by atoms with E-state index in [2.05, 4.69) is 10.6 Å². The molecule has 0 saturated carbocycles. The monoisotopic (exact) mass is 445 g/mol. The average Bonchev–Trinajstić information content (AvgIpc) is 3.21. The summed E-state index contributed by atoms with van der Waals surface area (Å²) in [7, 11) is 6.97.